The van der Waals surface area contributed by atoms with Gasteiger partial charge in [0.2, 0.25) is 0 Å². The lowest BCUT2D eigenvalue weighted by molar-refractivity contribution is -0.192. The number of nitrogens with one attached hydrogen (secondary N) is 1. The molecular weight excluding hydrogens is 577 g/mol. The molecule has 1 aliphatic heterocycles. The number of aryl methyl sites for hydroxylation is 3. The van der Waals surface area contributed by atoms with Gasteiger partial charge in [-0.15, -0.1) is 0 Å². The summed E-state index contributed by atoms with van der Waals surface area (Å²) in [6, 6.07) is 14.9. The lowest BCUT2D eigenvalue weighted by Crippen LogP contribution is -2.52. The molecular formula is C28H31F3N4O6S. The van der Waals surface area contributed by atoms with Crippen molar-refractivity contribution in [3.05, 3.63) is 77.0 Å². The number of pyridine rings is 1. The van der Waals surface area contributed by atoms with Gasteiger partial charge in [-0.2, -0.15) is 13.2 Å². The van der Waals surface area contributed by atoms with Gasteiger partial charge < -0.3 is 20.0 Å². The Morgan fingerprint density at radius 1 is 0.976 bits per heavy atom. The fourth-order valence-electron chi connectivity index (χ4n) is 4.53. The highest BCUT2D eigenvalue weighted by Crippen LogP contribution is 2.31. The maximum absolute atomic E-state index is 13.2. The van der Waals surface area contributed by atoms with Crippen LogP contribution in [0.3, 0.4) is 0 Å². The van der Waals surface area contributed by atoms with Gasteiger partial charge in [-0.25, -0.2) is 23.0 Å². The predicted molar refractivity (Wildman–Crippen MR) is 152 cm³/mol. The minimum absolute atomic E-state index is 0.0849. The summed E-state index contributed by atoms with van der Waals surface area (Å²) in [5, 5.41) is 16.6. The van der Waals surface area contributed by atoms with E-state index in [1.165, 1.54) is 17.8 Å². The number of hydrogen-bond acceptors (Lipinski definition) is 7. The second-order valence-electron chi connectivity index (χ2n) is 9.96. The van der Waals surface area contributed by atoms with Gasteiger partial charge in [0.25, 0.3) is 10.0 Å². The average Bonchev–Trinajstić information content (AvgIpc) is 2.87. The Morgan fingerprint density at radius 2 is 1.60 bits per heavy atom. The molecule has 4 rings (SSSR count). The highest BCUT2D eigenvalue weighted by Gasteiger charge is 2.38. The van der Waals surface area contributed by atoms with E-state index in [9.17, 15) is 31.5 Å². The van der Waals surface area contributed by atoms with E-state index < -0.39 is 28.1 Å². The average molecular weight is 609 g/mol. The number of anilines is 3. The zero-order chi connectivity index (χ0) is 31.4. The smallest absolute Gasteiger partial charge is 0.478 e. The molecule has 42 heavy (non-hydrogen) atoms. The standard InChI is InChI=1S/C26H30N4O4S.C2HF3O2/c1-17-6-5-7-22(11-17)30-9-8-29(16-20(30)4)25-24(14-21(15-27-25)26(31)32)28-35(33,34)23-12-18(2)10-19(3)13-23;3-2(4,5)1(6)7/h5-7,10-15,20,28H,8-9,16H2,1-4H3,(H,31,32);(H,6,7). The number of benzene rings is 2. The number of piperazine rings is 1. The number of carbonyl (C=O) groups is 2. The van der Waals surface area contributed by atoms with Crippen LogP contribution in [-0.4, -0.2) is 67.4 Å². The quantitative estimate of drug-likeness (QED) is 0.358. The Balaban J connectivity index is 0.000000616. The fraction of sp³-hybridized carbons (Fsp3) is 0.321. The molecule has 226 valence electrons. The van der Waals surface area contributed by atoms with Gasteiger partial charge >= 0.3 is 18.1 Å². The predicted octanol–water partition coefficient (Wildman–Crippen LogP) is 4.85. The molecule has 10 nitrogen and oxygen atoms in total. The monoisotopic (exact) mass is 608 g/mol. The van der Waals surface area contributed by atoms with Crippen molar-refractivity contribution in [3.63, 3.8) is 0 Å². The topological polar surface area (TPSA) is 140 Å². The van der Waals surface area contributed by atoms with Gasteiger partial charge in [0.05, 0.1) is 16.1 Å². The number of carboxylic acid groups (broad SMARTS) is 2. The largest absolute Gasteiger partial charge is 0.490 e. The van der Waals surface area contributed by atoms with Crippen molar-refractivity contribution in [1.29, 1.82) is 0 Å². The molecule has 14 heteroatoms. The third-order valence-electron chi connectivity index (χ3n) is 6.37. The number of hydrogen-bond donors (Lipinski definition) is 3. The summed E-state index contributed by atoms with van der Waals surface area (Å²) < 4.78 is 60.8. The molecule has 1 aliphatic rings. The molecule has 0 amide bonds. The Labute approximate surface area is 241 Å². The first-order valence-corrected chi connectivity index (χ1v) is 14.2. The first kappa shape index (κ1) is 32.2. The molecule has 2 aromatic carbocycles. The number of halogens is 3. The molecule has 1 atom stereocenters. The van der Waals surface area contributed by atoms with Gasteiger partial charge in [0, 0.05) is 37.6 Å². The molecule has 3 N–H and O–H groups in total. The van der Waals surface area contributed by atoms with Crippen LogP contribution in [0.1, 0.15) is 34.0 Å². The number of sulfonamides is 1. The Morgan fingerprint density at radius 3 is 2.12 bits per heavy atom. The number of aromatic nitrogens is 1. The lowest BCUT2D eigenvalue weighted by Gasteiger charge is -2.42. The highest BCUT2D eigenvalue weighted by molar-refractivity contribution is 7.92. The van der Waals surface area contributed by atoms with Crippen molar-refractivity contribution >= 4 is 39.2 Å². The van der Waals surface area contributed by atoms with Gasteiger partial charge in [0.1, 0.15) is 0 Å². The van der Waals surface area contributed by atoms with Crippen LogP contribution in [0.2, 0.25) is 0 Å². The fourth-order valence-corrected chi connectivity index (χ4v) is 5.77. The first-order chi connectivity index (χ1) is 19.5. The van der Waals surface area contributed by atoms with E-state index in [0.29, 0.717) is 18.9 Å². The van der Waals surface area contributed by atoms with Gasteiger partial charge in [0.15, 0.2) is 5.82 Å². The van der Waals surface area contributed by atoms with E-state index in [2.05, 4.69) is 46.7 Å². The van der Waals surface area contributed by atoms with E-state index in [1.807, 2.05) is 30.9 Å². The summed E-state index contributed by atoms with van der Waals surface area (Å²) in [5.74, 6) is -3.51. The molecule has 0 radical (unpaired) electrons. The lowest BCUT2D eigenvalue weighted by atomic mass is 10.1. The van der Waals surface area contributed by atoms with E-state index in [4.69, 9.17) is 9.90 Å². The van der Waals surface area contributed by atoms with Crippen LogP contribution in [-0.2, 0) is 14.8 Å². The Hall–Kier alpha value is -4.33. The minimum Gasteiger partial charge on any atom is -0.478 e. The number of rotatable bonds is 6. The van der Waals surface area contributed by atoms with Crippen LogP contribution in [0.15, 0.2) is 59.6 Å². The third-order valence-corrected chi connectivity index (χ3v) is 7.71. The van der Waals surface area contributed by atoms with Crippen LogP contribution in [0.25, 0.3) is 0 Å². The molecule has 0 aliphatic carbocycles. The van der Waals surface area contributed by atoms with Crippen molar-refractivity contribution < 1.29 is 41.4 Å². The number of nitrogens with zero attached hydrogens (tertiary/aromatic N) is 3. The van der Waals surface area contributed by atoms with E-state index in [-0.39, 0.29) is 22.2 Å². The van der Waals surface area contributed by atoms with Gasteiger partial charge in [-0.3, -0.25) is 4.72 Å². The molecule has 0 bridgehead atoms. The molecule has 0 spiro atoms. The van der Waals surface area contributed by atoms with Crippen LogP contribution < -0.4 is 14.5 Å². The number of aliphatic carboxylic acids is 1. The van der Waals surface area contributed by atoms with E-state index in [1.54, 1.807) is 12.1 Å². The van der Waals surface area contributed by atoms with Crippen LogP contribution >= 0.6 is 0 Å². The van der Waals surface area contributed by atoms with Crippen molar-refractivity contribution in [1.82, 2.24) is 4.98 Å². The zero-order valence-corrected chi connectivity index (χ0v) is 24.1. The highest BCUT2D eigenvalue weighted by atomic mass is 32.2. The van der Waals surface area contributed by atoms with Gasteiger partial charge in [-0.1, -0.05) is 18.2 Å². The van der Waals surface area contributed by atoms with Crippen molar-refractivity contribution in [3.8, 4) is 0 Å². The van der Waals surface area contributed by atoms with Gasteiger partial charge in [-0.05, 0) is 74.7 Å². The Kier molecular flexibility index (Phi) is 9.71. The summed E-state index contributed by atoms with van der Waals surface area (Å²) in [7, 11) is -3.95. The molecule has 1 unspecified atom stereocenters. The molecule has 1 fully saturated rings. The summed E-state index contributed by atoms with van der Waals surface area (Å²) in [6.45, 7) is 9.77. The zero-order valence-electron chi connectivity index (χ0n) is 23.3. The number of aromatic carboxylic acids is 1. The summed E-state index contributed by atoms with van der Waals surface area (Å²) in [6.07, 6.45) is -3.82. The summed E-state index contributed by atoms with van der Waals surface area (Å²) in [5.41, 5.74) is 4.04. The normalized spacial score (nSPS) is 15.5. The van der Waals surface area contributed by atoms with Crippen molar-refractivity contribution in [2.75, 3.05) is 34.2 Å². The SMILES string of the molecule is Cc1cccc(N2CCN(c3ncc(C(=O)O)cc3NS(=O)(=O)c3cc(C)cc(C)c3)CC2C)c1.O=C(O)C(F)(F)F. The molecule has 1 saturated heterocycles. The Bertz CT molecular complexity index is 1560. The second kappa shape index (κ2) is 12.7. The molecule has 0 saturated carbocycles. The number of carboxylic acids is 2. The van der Waals surface area contributed by atoms with Crippen LogP contribution in [0.5, 0.6) is 0 Å². The second-order valence-corrected chi connectivity index (χ2v) is 11.6. The molecule has 2 heterocycles. The van der Waals surface area contributed by atoms with E-state index >= 15 is 0 Å². The number of alkyl halides is 3. The maximum atomic E-state index is 13.2. The van der Waals surface area contributed by atoms with E-state index in [0.717, 1.165) is 23.4 Å². The molecule has 1 aromatic heterocycles. The summed E-state index contributed by atoms with van der Waals surface area (Å²) in [4.78, 5) is 29.3. The van der Waals surface area contributed by atoms with Crippen molar-refractivity contribution in [2.45, 2.75) is 44.8 Å². The van der Waals surface area contributed by atoms with Crippen molar-refractivity contribution in [2.24, 2.45) is 0 Å². The first-order valence-electron chi connectivity index (χ1n) is 12.7. The summed E-state index contributed by atoms with van der Waals surface area (Å²) >= 11 is 0. The molecule has 3 aromatic rings. The van der Waals surface area contributed by atoms with Crippen LogP contribution in [0.4, 0.5) is 30.4 Å². The minimum atomic E-state index is -5.08. The maximum Gasteiger partial charge on any atom is 0.490 e. The third kappa shape index (κ3) is 8.12. The van der Waals surface area contributed by atoms with Crippen LogP contribution in [0, 0.1) is 20.8 Å².